The van der Waals surface area contributed by atoms with E-state index in [4.69, 9.17) is 9.47 Å². The summed E-state index contributed by atoms with van der Waals surface area (Å²) in [5.74, 6) is 1.77. The zero-order chi connectivity index (χ0) is 10.2. The molecule has 0 aliphatic carbocycles. The number of ether oxygens (including phenoxy) is 2. The van der Waals surface area contributed by atoms with Crippen molar-refractivity contribution in [3.05, 3.63) is 23.8 Å². The second-order valence-corrected chi connectivity index (χ2v) is 4.31. The van der Waals surface area contributed by atoms with Crippen LogP contribution in [0.3, 0.4) is 0 Å². The number of benzene rings is 1. The van der Waals surface area contributed by atoms with Crippen molar-refractivity contribution >= 4 is 0 Å². The topological polar surface area (TPSA) is 18.5 Å². The zero-order valence-electron chi connectivity index (χ0n) is 8.96. The maximum absolute atomic E-state index is 5.92. The van der Waals surface area contributed by atoms with E-state index in [9.17, 15) is 0 Å². The highest BCUT2D eigenvalue weighted by atomic mass is 16.5. The first-order valence-corrected chi connectivity index (χ1v) is 4.97. The quantitative estimate of drug-likeness (QED) is 0.681. The van der Waals surface area contributed by atoms with Gasteiger partial charge in [-0.2, -0.15) is 0 Å². The Labute approximate surface area is 84.8 Å². The molecule has 0 unspecified atom stereocenters. The van der Waals surface area contributed by atoms with Crippen molar-refractivity contribution in [3.8, 4) is 11.5 Å². The average molecular weight is 192 g/mol. The molecule has 1 aliphatic rings. The summed E-state index contributed by atoms with van der Waals surface area (Å²) in [6.07, 6.45) is 2.13. The molecule has 2 nitrogen and oxygen atoms in total. The van der Waals surface area contributed by atoms with Gasteiger partial charge < -0.3 is 9.47 Å². The number of rotatable bonds is 1. The van der Waals surface area contributed by atoms with Crippen molar-refractivity contribution < 1.29 is 9.47 Å². The van der Waals surface area contributed by atoms with E-state index in [1.807, 2.05) is 12.1 Å². The normalized spacial score (nSPS) is 18.2. The van der Waals surface area contributed by atoms with Crippen molar-refractivity contribution in [2.45, 2.75) is 32.3 Å². The fourth-order valence-corrected chi connectivity index (χ4v) is 1.80. The highest BCUT2D eigenvalue weighted by molar-refractivity contribution is 5.48. The van der Waals surface area contributed by atoms with Crippen molar-refractivity contribution in [1.82, 2.24) is 0 Å². The Hall–Kier alpha value is -1.18. The molecule has 1 heterocycles. The molecule has 2 rings (SSSR count). The second kappa shape index (κ2) is 3.19. The molecule has 0 spiro atoms. The van der Waals surface area contributed by atoms with E-state index in [2.05, 4.69) is 19.9 Å². The Morgan fingerprint density at radius 3 is 2.86 bits per heavy atom. The predicted octanol–water partition coefficient (Wildman–Crippen LogP) is 2.80. The maximum atomic E-state index is 5.92. The lowest BCUT2D eigenvalue weighted by molar-refractivity contribution is 0.0804. The molecule has 76 valence electrons. The van der Waals surface area contributed by atoms with E-state index in [1.165, 1.54) is 5.56 Å². The summed E-state index contributed by atoms with van der Waals surface area (Å²) in [7, 11) is 1.68. The Balaban J connectivity index is 2.43. The molecule has 0 aromatic heterocycles. The van der Waals surface area contributed by atoms with Crippen molar-refractivity contribution in [3.63, 3.8) is 0 Å². The molecular formula is C12H16O2. The summed E-state index contributed by atoms with van der Waals surface area (Å²) in [5.41, 5.74) is 1.19. The third kappa shape index (κ3) is 1.57. The molecule has 0 saturated heterocycles. The molecule has 0 atom stereocenters. The number of methoxy groups -OCH3 is 1. The standard InChI is InChI=1S/C12H16O2/c1-12(2)8-7-9-5-4-6-10(13-3)11(9)14-12/h4-6H,7-8H2,1-3H3. The summed E-state index contributed by atoms with van der Waals surface area (Å²) in [5, 5.41) is 0. The summed E-state index contributed by atoms with van der Waals surface area (Å²) < 4.78 is 11.2. The molecular weight excluding hydrogens is 176 g/mol. The Morgan fingerprint density at radius 1 is 1.36 bits per heavy atom. The van der Waals surface area contributed by atoms with E-state index in [1.54, 1.807) is 7.11 Å². The van der Waals surface area contributed by atoms with Crippen LogP contribution in [0.4, 0.5) is 0 Å². The number of hydrogen-bond acceptors (Lipinski definition) is 2. The lowest BCUT2D eigenvalue weighted by atomic mass is 9.94. The Bertz CT molecular complexity index is 328. The third-order valence-corrected chi connectivity index (χ3v) is 2.66. The molecule has 0 bridgehead atoms. The highest BCUT2D eigenvalue weighted by Crippen LogP contribution is 2.39. The average Bonchev–Trinajstić information content (AvgIpc) is 2.15. The van der Waals surface area contributed by atoms with Crippen molar-refractivity contribution in [2.24, 2.45) is 0 Å². The minimum absolute atomic E-state index is 0.0678. The Kier molecular flexibility index (Phi) is 2.14. The van der Waals surface area contributed by atoms with Crippen LogP contribution >= 0.6 is 0 Å². The highest BCUT2D eigenvalue weighted by Gasteiger charge is 2.28. The van der Waals surface area contributed by atoms with Crippen LogP contribution in [0.25, 0.3) is 0 Å². The fourth-order valence-electron chi connectivity index (χ4n) is 1.80. The molecule has 2 heteroatoms. The third-order valence-electron chi connectivity index (χ3n) is 2.66. The van der Waals surface area contributed by atoms with Crippen LogP contribution < -0.4 is 9.47 Å². The van der Waals surface area contributed by atoms with E-state index in [0.717, 1.165) is 24.3 Å². The van der Waals surface area contributed by atoms with Gasteiger partial charge in [0, 0.05) is 0 Å². The lowest BCUT2D eigenvalue weighted by Crippen LogP contribution is -2.32. The SMILES string of the molecule is COc1cccc2c1OC(C)(C)CC2. The first-order chi connectivity index (χ1) is 6.62. The molecule has 0 fully saturated rings. The van der Waals surface area contributed by atoms with Gasteiger partial charge in [0.05, 0.1) is 7.11 Å². The van der Waals surface area contributed by atoms with Gasteiger partial charge in [-0.1, -0.05) is 12.1 Å². The maximum Gasteiger partial charge on any atom is 0.165 e. The van der Waals surface area contributed by atoms with Crippen molar-refractivity contribution in [1.29, 1.82) is 0 Å². The van der Waals surface area contributed by atoms with E-state index >= 15 is 0 Å². The van der Waals surface area contributed by atoms with Gasteiger partial charge in [0.15, 0.2) is 11.5 Å². The van der Waals surface area contributed by atoms with Gasteiger partial charge in [-0.15, -0.1) is 0 Å². The molecule has 1 aliphatic heterocycles. The molecule has 14 heavy (non-hydrogen) atoms. The minimum Gasteiger partial charge on any atom is -0.493 e. The van der Waals surface area contributed by atoms with Crippen LogP contribution in [0.5, 0.6) is 11.5 Å². The van der Waals surface area contributed by atoms with Crippen molar-refractivity contribution in [2.75, 3.05) is 7.11 Å². The number of fused-ring (bicyclic) bond motifs is 1. The number of para-hydroxylation sites is 1. The molecule has 1 aromatic rings. The summed E-state index contributed by atoms with van der Waals surface area (Å²) in [6, 6.07) is 6.06. The second-order valence-electron chi connectivity index (χ2n) is 4.31. The smallest absolute Gasteiger partial charge is 0.165 e. The van der Waals surface area contributed by atoms with Gasteiger partial charge in [0.25, 0.3) is 0 Å². The zero-order valence-corrected chi connectivity index (χ0v) is 8.96. The van der Waals surface area contributed by atoms with Gasteiger partial charge in [0.1, 0.15) is 5.60 Å². The molecule has 0 amide bonds. The summed E-state index contributed by atoms with van der Waals surface area (Å²) in [6.45, 7) is 4.23. The lowest BCUT2D eigenvalue weighted by Gasteiger charge is -2.33. The number of aryl methyl sites for hydroxylation is 1. The van der Waals surface area contributed by atoms with Crippen LogP contribution in [0.15, 0.2) is 18.2 Å². The van der Waals surface area contributed by atoms with Crippen LogP contribution in [0.2, 0.25) is 0 Å². The van der Waals surface area contributed by atoms with E-state index in [0.29, 0.717) is 0 Å². The van der Waals surface area contributed by atoms with E-state index < -0.39 is 0 Å². The molecule has 0 radical (unpaired) electrons. The molecule has 1 aromatic carbocycles. The first kappa shape index (κ1) is 9.38. The van der Waals surface area contributed by atoms with Crippen LogP contribution in [-0.2, 0) is 6.42 Å². The monoisotopic (exact) mass is 192 g/mol. The fraction of sp³-hybridized carbons (Fsp3) is 0.500. The van der Waals surface area contributed by atoms with Gasteiger partial charge >= 0.3 is 0 Å². The van der Waals surface area contributed by atoms with Crippen LogP contribution in [0.1, 0.15) is 25.8 Å². The van der Waals surface area contributed by atoms with Crippen LogP contribution in [0, 0.1) is 0 Å². The van der Waals surface area contributed by atoms with Gasteiger partial charge in [-0.05, 0) is 38.3 Å². The first-order valence-electron chi connectivity index (χ1n) is 4.97. The Morgan fingerprint density at radius 2 is 2.14 bits per heavy atom. The van der Waals surface area contributed by atoms with Crippen LogP contribution in [-0.4, -0.2) is 12.7 Å². The predicted molar refractivity (Wildman–Crippen MR) is 56.0 cm³/mol. The molecule has 0 saturated carbocycles. The summed E-state index contributed by atoms with van der Waals surface area (Å²) in [4.78, 5) is 0. The minimum atomic E-state index is -0.0678. The largest absolute Gasteiger partial charge is 0.493 e. The summed E-state index contributed by atoms with van der Waals surface area (Å²) >= 11 is 0. The van der Waals surface area contributed by atoms with Gasteiger partial charge in [-0.3, -0.25) is 0 Å². The molecule has 0 N–H and O–H groups in total. The van der Waals surface area contributed by atoms with Gasteiger partial charge in [0.2, 0.25) is 0 Å². The van der Waals surface area contributed by atoms with Gasteiger partial charge in [-0.25, -0.2) is 0 Å². The van der Waals surface area contributed by atoms with E-state index in [-0.39, 0.29) is 5.60 Å². The number of hydrogen-bond donors (Lipinski definition) is 0.